The number of nitrogens with zero attached hydrogens (tertiary/aromatic N) is 2. The first-order valence-corrected chi connectivity index (χ1v) is 7.61. The third-order valence-corrected chi connectivity index (χ3v) is 4.16. The first-order valence-electron chi connectivity index (χ1n) is 7.18. The molecule has 0 aliphatic heterocycles. The minimum atomic E-state index is -0.0545. The number of para-hydroxylation sites is 1. The Labute approximate surface area is 120 Å². The van der Waals surface area contributed by atoms with Gasteiger partial charge in [-0.3, -0.25) is 0 Å². The summed E-state index contributed by atoms with van der Waals surface area (Å²) in [5.74, 6) is 1.69. The molecule has 104 valence electrons. The van der Waals surface area contributed by atoms with Gasteiger partial charge in [0.25, 0.3) is 0 Å². The van der Waals surface area contributed by atoms with Crippen molar-refractivity contribution >= 4 is 22.6 Å². The summed E-state index contributed by atoms with van der Waals surface area (Å²) in [6, 6.07) is 6.37. The largest absolute Gasteiger partial charge is 0.326 e. The number of hydrogen-bond donors (Lipinski definition) is 0. The van der Waals surface area contributed by atoms with Crippen LogP contribution >= 0.6 is 11.6 Å². The van der Waals surface area contributed by atoms with Gasteiger partial charge in [-0.05, 0) is 31.4 Å². The van der Waals surface area contributed by atoms with Crippen molar-refractivity contribution in [1.82, 2.24) is 9.55 Å². The van der Waals surface area contributed by atoms with E-state index >= 15 is 0 Å². The molecule has 2 aromatic rings. The van der Waals surface area contributed by atoms with Crippen LogP contribution in [-0.4, -0.2) is 9.55 Å². The summed E-state index contributed by atoms with van der Waals surface area (Å²) in [5.41, 5.74) is 3.53. The third kappa shape index (κ3) is 2.79. The maximum absolute atomic E-state index is 6.32. The number of hydrogen-bond acceptors (Lipinski definition) is 1. The lowest BCUT2D eigenvalue weighted by Crippen LogP contribution is -2.12. The molecule has 19 heavy (non-hydrogen) atoms. The van der Waals surface area contributed by atoms with Crippen molar-refractivity contribution in [3.05, 3.63) is 29.6 Å². The fourth-order valence-corrected chi connectivity index (χ4v) is 2.77. The summed E-state index contributed by atoms with van der Waals surface area (Å²) >= 11 is 6.32. The van der Waals surface area contributed by atoms with Crippen LogP contribution in [0.5, 0.6) is 0 Å². The van der Waals surface area contributed by atoms with E-state index in [1.54, 1.807) is 0 Å². The van der Waals surface area contributed by atoms with E-state index in [0.717, 1.165) is 17.9 Å². The van der Waals surface area contributed by atoms with Crippen molar-refractivity contribution < 1.29 is 0 Å². The lowest BCUT2D eigenvalue weighted by Gasteiger charge is -2.17. The number of alkyl halides is 1. The molecule has 3 heteroatoms. The van der Waals surface area contributed by atoms with Gasteiger partial charge in [0.2, 0.25) is 0 Å². The summed E-state index contributed by atoms with van der Waals surface area (Å²) in [4.78, 5) is 4.76. The highest BCUT2D eigenvalue weighted by atomic mass is 35.5. The Balaban J connectivity index is 2.55. The second-order valence-electron chi connectivity index (χ2n) is 5.32. The maximum Gasteiger partial charge on any atom is 0.127 e. The molecule has 2 rings (SSSR count). The van der Waals surface area contributed by atoms with Crippen LogP contribution in [0.2, 0.25) is 0 Å². The molecular formula is C16H23ClN2. The van der Waals surface area contributed by atoms with Crippen molar-refractivity contribution in [2.75, 3.05) is 0 Å². The summed E-state index contributed by atoms with van der Waals surface area (Å²) in [7, 11) is 0. The molecule has 1 heterocycles. The van der Waals surface area contributed by atoms with Crippen LogP contribution in [0.25, 0.3) is 11.0 Å². The van der Waals surface area contributed by atoms with Crippen molar-refractivity contribution in [2.45, 2.75) is 52.5 Å². The Morgan fingerprint density at radius 3 is 2.53 bits per heavy atom. The fourth-order valence-electron chi connectivity index (χ4n) is 2.61. The monoisotopic (exact) mass is 278 g/mol. The average molecular weight is 279 g/mol. The van der Waals surface area contributed by atoms with Gasteiger partial charge in [-0.25, -0.2) is 4.98 Å². The normalized spacial score (nSPS) is 13.4. The summed E-state index contributed by atoms with van der Waals surface area (Å²) in [6.07, 6.45) is 2.39. The maximum atomic E-state index is 6.32. The molecule has 1 aromatic carbocycles. The average Bonchev–Trinajstić information content (AvgIpc) is 2.76. The topological polar surface area (TPSA) is 17.8 Å². The zero-order valence-electron chi connectivity index (χ0n) is 12.3. The number of benzene rings is 1. The lowest BCUT2D eigenvalue weighted by molar-refractivity contribution is 0.417. The van der Waals surface area contributed by atoms with Crippen molar-refractivity contribution in [3.8, 4) is 0 Å². The Morgan fingerprint density at radius 2 is 1.95 bits per heavy atom. The molecule has 0 aliphatic rings. The van der Waals surface area contributed by atoms with Gasteiger partial charge >= 0.3 is 0 Å². The molecule has 0 bridgehead atoms. The van der Waals surface area contributed by atoms with Gasteiger partial charge in [-0.2, -0.15) is 0 Å². The van der Waals surface area contributed by atoms with Gasteiger partial charge in [-0.15, -0.1) is 11.6 Å². The van der Waals surface area contributed by atoms with Crippen LogP contribution in [0.4, 0.5) is 0 Å². The van der Waals surface area contributed by atoms with E-state index in [2.05, 4.69) is 43.5 Å². The predicted octanol–water partition coefficient (Wildman–Crippen LogP) is 5.08. The Bertz CT molecular complexity index is 553. The number of rotatable bonds is 5. The molecule has 0 amide bonds. The van der Waals surface area contributed by atoms with E-state index in [-0.39, 0.29) is 5.38 Å². The van der Waals surface area contributed by atoms with Crippen molar-refractivity contribution in [1.29, 1.82) is 0 Å². The Kier molecular flexibility index (Phi) is 4.51. The molecule has 0 saturated heterocycles. The smallest absolute Gasteiger partial charge is 0.127 e. The minimum Gasteiger partial charge on any atom is -0.326 e. The van der Waals surface area contributed by atoms with Gasteiger partial charge in [-0.1, -0.05) is 38.8 Å². The Hall–Kier alpha value is -1.02. The lowest BCUT2D eigenvalue weighted by atomic mass is 10.0. The van der Waals surface area contributed by atoms with Crippen molar-refractivity contribution in [2.24, 2.45) is 5.92 Å². The quantitative estimate of drug-likeness (QED) is 0.697. The van der Waals surface area contributed by atoms with E-state index < -0.39 is 0 Å². The van der Waals surface area contributed by atoms with Crippen LogP contribution in [0.1, 0.15) is 50.4 Å². The summed E-state index contributed by atoms with van der Waals surface area (Å²) in [6.45, 7) is 9.63. The first-order chi connectivity index (χ1) is 9.08. The van der Waals surface area contributed by atoms with E-state index in [1.807, 2.05) is 6.92 Å². The van der Waals surface area contributed by atoms with Gasteiger partial charge in [0.15, 0.2) is 0 Å². The zero-order chi connectivity index (χ0) is 14.0. The number of fused-ring (bicyclic) bond motifs is 1. The summed E-state index contributed by atoms with van der Waals surface area (Å²) in [5, 5.41) is -0.0545. The molecular weight excluding hydrogens is 256 g/mol. The first kappa shape index (κ1) is 14.4. The highest BCUT2D eigenvalue weighted by Gasteiger charge is 2.17. The van der Waals surface area contributed by atoms with E-state index in [0.29, 0.717) is 5.92 Å². The molecule has 2 nitrogen and oxygen atoms in total. The Morgan fingerprint density at radius 1 is 1.26 bits per heavy atom. The molecule has 0 fully saturated rings. The standard InChI is InChI=1S/C16H23ClN2/c1-5-13(6-2)10-19-14-9-7-8-11(3)15(14)18-16(19)12(4)17/h7-9,12-13H,5-6,10H2,1-4H3. The van der Waals surface area contributed by atoms with Crippen molar-refractivity contribution in [3.63, 3.8) is 0 Å². The molecule has 1 unspecified atom stereocenters. The van der Waals surface area contributed by atoms with Crippen LogP contribution in [0.3, 0.4) is 0 Å². The van der Waals surface area contributed by atoms with Gasteiger partial charge in [0.05, 0.1) is 16.4 Å². The number of aryl methyl sites for hydroxylation is 1. The highest BCUT2D eigenvalue weighted by molar-refractivity contribution is 6.20. The second-order valence-corrected chi connectivity index (χ2v) is 5.98. The summed E-state index contributed by atoms with van der Waals surface area (Å²) < 4.78 is 2.32. The van der Waals surface area contributed by atoms with Gasteiger partial charge in [0.1, 0.15) is 5.82 Å². The predicted molar refractivity (Wildman–Crippen MR) is 82.8 cm³/mol. The molecule has 0 aliphatic carbocycles. The molecule has 1 aromatic heterocycles. The highest BCUT2D eigenvalue weighted by Crippen LogP contribution is 2.28. The number of aromatic nitrogens is 2. The SMILES string of the molecule is CCC(CC)Cn1c(C(C)Cl)nc2c(C)cccc21. The second kappa shape index (κ2) is 5.96. The molecule has 0 radical (unpaired) electrons. The van der Waals surface area contributed by atoms with Crippen LogP contribution in [-0.2, 0) is 6.54 Å². The van der Waals surface area contributed by atoms with E-state index in [9.17, 15) is 0 Å². The number of imidazole rings is 1. The van der Waals surface area contributed by atoms with Gasteiger partial charge in [0, 0.05) is 6.54 Å². The minimum absolute atomic E-state index is 0.0545. The third-order valence-electron chi connectivity index (χ3n) is 3.96. The zero-order valence-corrected chi connectivity index (χ0v) is 13.0. The molecule has 0 N–H and O–H groups in total. The van der Waals surface area contributed by atoms with E-state index in [4.69, 9.17) is 16.6 Å². The van der Waals surface area contributed by atoms with Gasteiger partial charge < -0.3 is 4.57 Å². The molecule has 0 saturated carbocycles. The van der Waals surface area contributed by atoms with E-state index in [1.165, 1.54) is 23.9 Å². The molecule has 0 spiro atoms. The van der Waals surface area contributed by atoms with Crippen LogP contribution < -0.4 is 0 Å². The fraction of sp³-hybridized carbons (Fsp3) is 0.562. The van der Waals surface area contributed by atoms with Crippen LogP contribution in [0, 0.1) is 12.8 Å². The van der Waals surface area contributed by atoms with Crippen LogP contribution in [0.15, 0.2) is 18.2 Å². The molecule has 1 atom stereocenters. The number of halogens is 1.